The van der Waals surface area contributed by atoms with Gasteiger partial charge in [-0.25, -0.2) is 9.97 Å². The molecule has 3 aromatic heterocycles. The van der Waals surface area contributed by atoms with E-state index in [1.165, 1.54) is 0 Å². The maximum atomic E-state index is 12.9. The van der Waals surface area contributed by atoms with Crippen LogP contribution in [-0.2, 0) is 11.2 Å². The Morgan fingerprint density at radius 2 is 2.10 bits per heavy atom. The molecular weight excluding hydrogens is 420 g/mol. The van der Waals surface area contributed by atoms with E-state index >= 15 is 0 Å². The zero-order valence-corrected chi connectivity index (χ0v) is 18.7. The highest BCUT2D eigenvalue weighted by molar-refractivity contribution is 7.98. The van der Waals surface area contributed by atoms with Crippen molar-refractivity contribution in [2.45, 2.75) is 25.8 Å². The molecule has 5 nitrogen and oxygen atoms in total. The molecule has 0 saturated heterocycles. The molecule has 4 rings (SSSR count). The van der Waals surface area contributed by atoms with Crippen LogP contribution in [0.1, 0.15) is 28.2 Å². The highest BCUT2D eigenvalue weighted by Crippen LogP contribution is 2.31. The number of nitrogens with one attached hydrogen (secondary N) is 2. The van der Waals surface area contributed by atoms with Gasteiger partial charge in [0.25, 0.3) is 0 Å². The average molecular weight is 443 g/mol. The highest BCUT2D eigenvalue weighted by Gasteiger charge is 2.21. The lowest BCUT2D eigenvalue weighted by Crippen LogP contribution is -2.31. The number of amides is 1. The summed E-state index contributed by atoms with van der Waals surface area (Å²) in [7, 11) is 0. The number of imidazole rings is 1. The second-order valence-electron chi connectivity index (χ2n) is 6.70. The van der Waals surface area contributed by atoms with Crippen molar-refractivity contribution in [3.63, 3.8) is 0 Å². The van der Waals surface area contributed by atoms with Gasteiger partial charge in [-0.3, -0.25) is 4.79 Å². The van der Waals surface area contributed by atoms with E-state index in [-0.39, 0.29) is 11.9 Å². The summed E-state index contributed by atoms with van der Waals surface area (Å²) in [6.45, 7) is 1.98. The number of thioether (sulfide) groups is 1. The molecule has 1 aromatic carbocycles. The smallest absolute Gasteiger partial charge is 0.225 e. The molecule has 0 aliphatic heterocycles. The number of rotatable bonds is 8. The summed E-state index contributed by atoms with van der Waals surface area (Å²) in [5.41, 5.74) is 2.84. The lowest BCUT2D eigenvalue weighted by atomic mass is 10.2. The van der Waals surface area contributed by atoms with Crippen LogP contribution in [0.25, 0.3) is 21.6 Å². The van der Waals surface area contributed by atoms with Gasteiger partial charge in [0, 0.05) is 4.88 Å². The fourth-order valence-electron chi connectivity index (χ4n) is 3.24. The first-order valence-corrected chi connectivity index (χ1v) is 12.5. The number of fused-ring (bicyclic) bond motifs is 1. The minimum Gasteiger partial charge on any atom is -0.346 e. The van der Waals surface area contributed by atoms with Gasteiger partial charge in [0.15, 0.2) is 0 Å². The fraction of sp³-hybridized carbons (Fsp3) is 0.286. The maximum absolute atomic E-state index is 12.9. The van der Waals surface area contributed by atoms with Crippen molar-refractivity contribution < 1.29 is 4.79 Å². The number of aryl methyl sites for hydroxylation is 1. The molecule has 1 unspecified atom stereocenters. The number of carbonyl (C=O) groups is 1. The average Bonchev–Trinajstić information content (AvgIpc) is 3.44. The van der Waals surface area contributed by atoms with Crippen molar-refractivity contribution >= 4 is 51.4 Å². The number of para-hydroxylation sites is 2. The summed E-state index contributed by atoms with van der Waals surface area (Å²) in [5, 5.41) is 6.21. The Balaban J connectivity index is 1.53. The van der Waals surface area contributed by atoms with Gasteiger partial charge in [0.05, 0.1) is 39.1 Å². The highest BCUT2D eigenvalue weighted by atomic mass is 32.2. The lowest BCUT2D eigenvalue weighted by molar-refractivity contribution is -0.121. The molecule has 0 spiro atoms. The number of H-pyrrole nitrogens is 1. The molecule has 0 fully saturated rings. The summed E-state index contributed by atoms with van der Waals surface area (Å²) >= 11 is 5.01. The normalized spacial score (nSPS) is 12.3. The first kappa shape index (κ1) is 20.1. The van der Waals surface area contributed by atoms with E-state index in [1.54, 1.807) is 34.4 Å². The van der Waals surface area contributed by atoms with E-state index < -0.39 is 0 Å². The van der Waals surface area contributed by atoms with Gasteiger partial charge >= 0.3 is 0 Å². The molecule has 0 radical (unpaired) electrons. The quantitative estimate of drug-likeness (QED) is 0.393. The van der Waals surface area contributed by atoms with Gasteiger partial charge in [0.1, 0.15) is 5.82 Å². The Morgan fingerprint density at radius 1 is 1.24 bits per heavy atom. The van der Waals surface area contributed by atoms with E-state index in [4.69, 9.17) is 4.98 Å². The van der Waals surface area contributed by atoms with Crippen molar-refractivity contribution in [3.8, 4) is 10.6 Å². The summed E-state index contributed by atoms with van der Waals surface area (Å²) in [5.74, 6) is 1.76. The number of nitrogens with zero attached hydrogens (tertiary/aromatic N) is 2. The van der Waals surface area contributed by atoms with Gasteiger partial charge in [0.2, 0.25) is 5.91 Å². The SMILES string of the molecule is CSCCC(NC(=O)Cc1sc(C)nc1-c1cccs1)c1nc2ccccc2[nH]1. The van der Waals surface area contributed by atoms with Gasteiger partial charge < -0.3 is 10.3 Å². The molecule has 4 aromatic rings. The monoisotopic (exact) mass is 442 g/mol. The molecule has 0 aliphatic rings. The second kappa shape index (κ2) is 9.11. The summed E-state index contributed by atoms with van der Waals surface area (Å²) < 4.78 is 0. The molecule has 1 amide bonds. The van der Waals surface area contributed by atoms with E-state index in [0.29, 0.717) is 6.42 Å². The van der Waals surface area contributed by atoms with Crippen LogP contribution in [0.15, 0.2) is 41.8 Å². The fourth-order valence-corrected chi connectivity index (χ4v) is 5.46. The first-order valence-electron chi connectivity index (χ1n) is 9.37. The third-order valence-corrected chi connectivity index (χ3v) is 7.05. The minimum atomic E-state index is -0.137. The second-order valence-corrected chi connectivity index (χ2v) is 9.92. The standard InChI is InChI=1S/C21H22N4OS3/c1-13-22-20(17-8-5-10-28-17)18(29-13)12-19(26)23-16(9-11-27-2)21-24-14-6-3-4-7-15(14)25-21/h3-8,10,16H,9,11-12H2,1-2H3,(H,23,26)(H,24,25). The molecule has 150 valence electrons. The van der Waals surface area contributed by atoms with Crippen LogP contribution >= 0.6 is 34.4 Å². The van der Waals surface area contributed by atoms with Crippen LogP contribution in [0.2, 0.25) is 0 Å². The molecular formula is C21H22N4OS3. The zero-order valence-electron chi connectivity index (χ0n) is 16.3. The molecule has 1 atom stereocenters. The number of thiazole rings is 1. The first-order chi connectivity index (χ1) is 14.1. The molecule has 29 heavy (non-hydrogen) atoms. The Bertz CT molecular complexity index is 1070. The predicted molar refractivity (Wildman–Crippen MR) is 124 cm³/mol. The van der Waals surface area contributed by atoms with E-state index in [2.05, 4.69) is 27.6 Å². The van der Waals surface area contributed by atoms with E-state index in [0.717, 1.165) is 49.5 Å². The van der Waals surface area contributed by atoms with Crippen LogP contribution in [0.5, 0.6) is 0 Å². The van der Waals surface area contributed by atoms with Crippen LogP contribution in [0.3, 0.4) is 0 Å². The topological polar surface area (TPSA) is 70.7 Å². The number of aromatic nitrogens is 3. The van der Waals surface area contributed by atoms with Gasteiger partial charge in [-0.05, 0) is 48.9 Å². The van der Waals surface area contributed by atoms with E-state index in [9.17, 15) is 4.79 Å². The van der Waals surface area contributed by atoms with Crippen LogP contribution < -0.4 is 5.32 Å². The minimum absolute atomic E-state index is 0.00184. The van der Waals surface area contributed by atoms with Gasteiger partial charge in [-0.2, -0.15) is 11.8 Å². The Hall–Kier alpha value is -2.16. The molecule has 3 heterocycles. The number of carbonyl (C=O) groups excluding carboxylic acids is 1. The molecule has 8 heteroatoms. The lowest BCUT2D eigenvalue weighted by Gasteiger charge is -2.16. The van der Waals surface area contributed by atoms with Crippen molar-refractivity contribution in [2.24, 2.45) is 0 Å². The van der Waals surface area contributed by atoms with Crippen molar-refractivity contribution in [1.29, 1.82) is 0 Å². The van der Waals surface area contributed by atoms with Gasteiger partial charge in [-0.1, -0.05) is 18.2 Å². The number of hydrogen-bond donors (Lipinski definition) is 2. The molecule has 2 N–H and O–H groups in total. The number of hydrogen-bond acceptors (Lipinski definition) is 6. The summed E-state index contributed by atoms with van der Waals surface area (Å²) in [6.07, 6.45) is 3.23. The largest absolute Gasteiger partial charge is 0.346 e. The number of thiophene rings is 1. The summed E-state index contributed by atoms with van der Waals surface area (Å²) in [6, 6.07) is 11.9. The Morgan fingerprint density at radius 3 is 2.86 bits per heavy atom. The zero-order chi connectivity index (χ0) is 20.2. The van der Waals surface area contributed by atoms with Gasteiger partial charge in [-0.15, -0.1) is 22.7 Å². The van der Waals surface area contributed by atoms with Crippen molar-refractivity contribution in [2.75, 3.05) is 12.0 Å². The van der Waals surface area contributed by atoms with E-state index in [1.807, 2.05) is 42.6 Å². The summed E-state index contributed by atoms with van der Waals surface area (Å²) in [4.78, 5) is 27.8. The Kier molecular flexibility index (Phi) is 6.32. The maximum Gasteiger partial charge on any atom is 0.225 e. The Labute approximate surface area is 182 Å². The van der Waals surface area contributed by atoms with Crippen LogP contribution in [0.4, 0.5) is 0 Å². The number of aromatic amines is 1. The molecule has 0 bridgehead atoms. The third-order valence-electron chi connectivity index (χ3n) is 4.56. The van der Waals surface area contributed by atoms with Crippen LogP contribution in [-0.4, -0.2) is 32.9 Å². The molecule has 0 aliphatic carbocycles. The molecule has 0 saturated carbocycles. The van der Waals surface area contributed by atoms with Crippen molar-refractivity contribution in [1.82, 2.24) is 20.3 Å². The van der Waals surface area contributed by atoms with Crippen LogP contribution in [0, 0.1) is 6.92 Å². The number of benzene rings is 1. The van der Waals surface area contributed by atoms with Crippen molar-refractivity contribution in [3.05, 3.63) is 57.5 Å². The predicted octanol–water partition coefficient (Wildman–Crippen LogP) is 5.21. The third kappa shape index (κ3) is 4.71.